The van der Waals surface area contributed by atoms with E-state index >= 15 is 0 Å². The van der Waals surface area contributed by atoms with Crippen LogP contribution in [0.4, 0.5) is 13.2 Å². The Bertz CT molecular complexity index is 608. The molecule has 0 saturated heterocycles. The second-order valence-electron chi connectivity index (χ2n) is 5.31. The van der Waals surface area contributed by atoms with E-state index in [9.17, 15) is 13.2 Å². The van der Waals surface area contributed by atoms with E-state index in [0.29, 0.717) is 23.6 Å². The maximum atomic E-state index is 12.7. The minimum Gasteiger partial charge on any atom is -0.302 e. The van der Waals surface area contributed by atoms with Gasteiger partial charge < -0.3 is 4.90 Å². The van der Waals surface area contributed by atoms with Crippen molar-refractivity contribution in [1.29, 1.82) is 0 Å². The van der Waals surface area contributed by atoms with Gasteiger partial charge in [-0.3, -0.25) is 0 Å². The molecule has 0 atom stereocenters. The monoisotopic (exact) mass is 327 g/mol. The molecule has 0 unspecified atom stereocenters. The zero-order valence-corrected chi connectivity index (χ0v) is 13.0. The Morgan fingerprint density at radius 3 is 2.32 bits per heavy atom. The van der Waals surface area contributed by atoms with Crippen molar-refractivity contribution in [2.75, 3.05) is 13.6 Å². The summed E-state index contributed by atoms with van der Waals surface area (Å²) >= 11 is 5.84. The van der Waals surface area contributed by atoms with Gasteiger partial charge >= 0.3 is 6.18 Å². The average Bonchev–Trinajstić information content (AvgIpc) is 2.47. The highest BCUT2D eigenvalue weighted by atomic mass is 35.5. The van der Waals surface area contributed by atoms with Gasteiger partial charge in [-0.25, -0.2) is 0 Å². The van der Waals surface area contributed by atoms with E-state index in [1.807, 2.05) is 31.3 Å². The third-order valence-electron chi connectivity index (χ3n) is 3.40. The Labute approximate surface area is 133 Å². The summed E-state index contributed by atoms with van der Waals surface area (Å²) in [6.45, 7) is 1.42. The molecule has 5 heteroatoms. The van der Waals surface area contributed by atoms with E-state index in [1.54, 1.807) is 6.07 Å². The predicted molar refractivity (Wildman–Crippen MR) is 82.9 cm³/mol. The second-order valence-corrected chi connectivity index (χ2v) is 5.75. The van der Waals surface area contributed by atoms with Crippen LogP contribution in [-0.4, -0.2) is 18.5 Å². The van der Waals surface area contributed by atoms with Crippen molar-refractivity contribution in [3.05, 3.63) is 70.2 Å². The number of rotatable bonds is 5. The summed E-state index contributed by atoms with van der Waals surface area (Å²) in [5.41, 5.74) is 1.22. The van der Waals surface area contributed by atoms with Crippen LogP contribution in [0.15, 0.2) is 48.5 Å². The lowest BCUT2D eigenvalue weighted by molar-refractivity contribution is -0.137. The molecule has 2 rings (SSSR count). The first-order valence-electron chi connectivity index (χ1n) is 6.94. The second kappa shape index (κ2) is 7.16. The molecule has 0 N–H and O–H groups in total. The van der Waals surface area contributed by atoms with E-state index in [0.717, 1.165) is 18.2 Å². The topological polar surface area (TPSA) is 3.24 Å². The summed E-state index contributed by atoms with van der Waals surface area (Å²) in [6, 6.07) is 13.1. The maximum absolute atomic E-state index is 12.7. The van der Waals surface area contributed by atoms with Gasteiger partial charge in [0.05, 0.1) is 5.56 Å². The van der Waals surface area contributed by atoms with Crippen LogP contribution in [0.5, 0.6) is 0 Å². The fourth-order valence-electron chi connectivity index (χ4n) is 2.20. The number of hydrogen-bond acceptors (Lipinski definition) is 1. The van der Waals surface area contributed by atoms with Crippen LogP contribution in [0.1, 0.15) is 16.7 Å². The molecule has 0 aliphatic rings. The van der Waals surface area contributed by atoms with Crippen molar-refractivity contribution >= 4 is 11.6 Å². The van der Waals surface area contributed by atoms with Gasteiger partial charge in [0, 0.05) is 18.1 Å². The Morgan fingerprint density at radius 1 is 1.00 bits per heavy atom. The van der Waals surface area contributed by atoms with E-state index in [2.05, 4.69) is 4.90 Å². The molecular weight excluding hydrogens is 311 g/mol. The molecule has 0 fully saturated rings. The molecule has 0 aliphatic heterocycles. The van der Waals surface area contributed by atoms with Gasteiger partial charge in [-0.1, -0.05) is 41.9 Å². The van der Waals surface area contributed by atoms with E-state index < -0.39 is 11.7 Å². The van der Waals surface area contributed by atoms with Crippen LogP contribution in [0.2, 0.25) is 5.02 Å². The Kier molecular flexibility index (Phi) is 5.48. The summed E-state index contributed by atoms with van der Waals surface area (Å²) in [6.07, 6.45) is -3.71. The van der Waals surface area contributed by atoms with Crippen molar-refractivity contribution < 1.29 is 13.2 Å². The minimum absolute atomic E-state index is 0.577. The maximum Gasteiger partial charge on any atom is 0.416 e. The fraction of sp³-hybridized carbons (Fsp3) is 0.294. The first-order chi connectivity index (χ1) is 10.3. The highest BCUT2D eigenvalue weighted by Crippen LogP contribution is 2.29. The van der Waals surface area contributed by atoms with E-state index in [4.69, 9.17) is 11.6 Å². The number of likely N-dealkylation sites (N-methyl/N-ethyl adjacent to an activating group) is 1. The third kappa shape index (κ3) is 5.04. The van der Waals surface area contributed by atoms with Crippen LogP contribution >= 0.6 is 11.6 Å². The van der Waals surface area contributed by atoms with Crippen LogP contribution in [0, 0.1) is 0 Å². The van der Waals surface area contributed by atoms with Gasteiger partial charge in [-0.05, 0) is 42.8 Å². The molecule has 118 valence electrons. The molecule has 0 bridgehead atoms. The standard InChI is InChI=1S/C17H17ClF3N/c1-22(12-14-5-7-16(18)8-6-14)10-9-13-3-2-4-15(11-13)17(19,20)21/h2-8,11H,9-10,12H2,1H3. The molecular formula is C17H17ClF3N. The molecule has 0 aromatic heterocycles. The Hall–Kier alpha value is -1.52. The largest absolute Gasteiger partial charge is 0.416 e. The first kappa shape index (κ1) is 16.8. The Balaban J connectivity index is 1.91. The zero-order chi connectivity index (χ0) is 16.2. The number of hydrogen-bond donors (Lipinski definition) is 0. The zero-order valence-electron chi connectivity index (χ0n) is 12.2. The van der Waals surface area contributed by atoms with Crippen LogP contribution < -0.4 is 0 Å². The smallest absolute Gasteiger partial charge is 0.302 e. The van der Waals surface area contributed by atoms with Crippen molar-refractivity contribution in [3.63, 3.8) is 0 Å². The van der Waals surface area contributed by atoms with Crippen LogP contribution in [0.3, 0.4) is 0 Å². The lowest BCUT2D eigenvalue weighted by Crippen LogP contribution is -2.20. The minimum atomic E-state index is -4.29. The van der Waals surface area contributed by atoms with Crippen molar-refractivity contribution in [3.8, 4) is 0 Å². The fourth-order valence-corrected chi connectivity index (χ4v) is 2.33. The summed E-state index contributed by atoms with van der Waals surface area (Å²) in [7, 11) is 1.95. The molecule has 0 radical (unpaired) electrons. The first-order valence-corrected chi connectivity index (χ1v) is 7.31. The number of alkyl halides is 3. The summed E-state index contributed by atoms with van der Waals surface area (Å²) in [5, 5.41) is 0.690. The SMILES string of the molecule is CN(CCc1cccc(C(F)(F)F)c1)Cc1ccc(Cl)cc1. The molecule has 0 aliphatic carbocycles. The van der Waals surface area contributed by atoms with Crippen molar-refractivity contribution in [2.45, 2.75) is 19.1 Å². The van der Waals surface area contributed by atoms with Crippen LogP contribution in [0.25, 0.3) is 0 Å². The van der Waals surface area contributed by atoms with Gasteiger partial charge in [0.15, 0.2) is 0 Å². The molecule has 0 saturated carbocycles. The lowest BCUT2D eigenvalue weighted by Gasteiger charge is -2.17. The molecule has 0 spiro atoms. The van der Waals surface area contributed by atoms with Crippen molar-refractivity contribution in [2.24, 2.45) is 0 Å². The normalized spacial score (nSPS) is 11.9. The molecule has 22 heavy (non-hydrogen) atoms. The van der Waals surface area contributed by atoms with Crippen molar-refractivity contribution in [1.82, 2.24) is 4.90 Å². The third-order valence-corrected chi connectivity index (χ3v) is 3.65. The molecule has 2 aromatic rings. The van der Waals surface area contributed by atoms with Gasteiger partial charge in [-0.2, -0.15) is 13.2 Å². The van der Waals surface area contributed by atoms with Gasteiger partial charge in [-0.15, -0.1) is 0 Å². The summed E-state index contributed by atoms with van der Waals surface area (Å²) in [5.74, 6) is 0. The number of benzene rings is 2. The van der Waals surface area contributed by atoms with Gasteiger partial charge in [0.1, 0.15) is 0 Å². The van der Waals surface area contributed by atoms with Crippen LogP contribution in [-0.2, 0) is 19.1 Å². The summed E-state index contributed by atoms with van der Waals surface area (Å²) in [4.78, 5) is 2.07. The summed E-state index contributed by atoms with van der Waals surface area (Å²) < 4.78 is 38.0. The predicted octanol–water partition coefficient (Wildman–Crippen LogP) is 5.03. The highest BCUT2D eigenvalue weighted by molar-refractivity contribution is 6.30. The van der Waals surface area contributed by atoms with Gasteiger partial charge in [0.25, 0.3) is 0 Å². The molecule has 0 amide bonds. The number of halogens is 4. The average molecular weight is 328 g/mol. The quantitative estimate of drug-likeness (QED) is 0.744. The molecule has 2 aromatic carbocycles. The Morgan fingerprint density at radius 2 is 1.68 bits per heavy atom. The molecule has 1 nitrogen and oxygen atoms in total. The van der Waals surface area contributed by atoms with E-state index in [-0.39, 0.29) is 0 Å². The highest BCUT2D eigenvalue weighted by Gasteiger charge is 2.30. The number of nitrogens with zero attached hydrogens (tertiary/aromatic N) is 1. The lowest BCUT2D eigenvalue weighted by atomic mass is 10.1. The van der Waals surface area contributed by atoms with Gasteiger partial charge in [0.2, 0.25) is 0 Å². The molecule has 0 heterocycles. The van der Waals surface area contributed by atoms with E-state index in [1.165, 1.54) is 12.1 Å².